The highest BCUT2D eigenvalue weighted by molar-refractivity contribution is 5.95. The number of carbonyl (C=O) groups is 1. The molecule has 3 rings (SSSR count). The minimum atomic E-state index is -0.252. The number of hydrogen-bond donors (Lipinski definition) is 1. The van der Waals surface area contributed by atoms with Gasteiger partial charge in [0, 0.05) is 31.7 Å². The molecule has 2 aromatic carbocycles. The molecule has 1 aliphatic rings. The third kappa shape index (κ3) is 5.97. The standard InChI is InChI=1S/C24H32N2O4/c1-2-29-24(28)21-10-4-5-11-22(21)26-16-14-25(15-17-26)13-7-8-18-30-23-12-6-3-9-20(23)19-27/h3-6,9-12,27H,2,7-8,13-19H2,1H3. The van der Waals surface area contributed by atoms with Crippen LogP contribution in [-0.4, -0.2) is 61.9 Å². The number of ether oxygens (including phenoxy) is 2. The van der Waals surface area contributed by atoms with Gasteiger partial charge in [-0.1, -0.05) is 30.3 Å². The molecule has 0 spiro atoms. The van der Waals surface area contributed by atoms with Crippen molar-refractivity contribution in [1.29, 1.82) is 0 Å². The molecule has 0 unspecified atom stereocenters. The predicted octanol–water partition coefficient (Wildman–Crippen LogP) is 3.34. The maximum Gasteiger partial charge on any atom is 0.340 e. The summed E-state index contributed by atoms with van der Waals surface area (Å²) in [6.45, 7) is 7.66. The molecule has 0 saturated carbocycles. The molecule has 0 aromatic heterocycles. The van der Waals surface area contributed by atoms with Crippen molar-refractivity contribution in [2.45, 2.75) is 26.4 Å². The van der Waals surface area contributed by atoms with Crippen LogP contribution in [0.25, 0.3) is 0 Å². The van der Waals surface area contributed by atoms with Crippen molar-refractivity contribution >= 4 is 11.7 Å². The highest BCUT2D eigenvalue weighted by Crippen LogP contribution is 2.23. The Balaban J connectivity index is 1.40. The number of aliphatic hydroxyl groups excluding tert-OH is 1. The molecule has 1 heterocycles. The van der Waals surface area contributed by atoms with Crippen molar-refractivity contribution in [3.05, 3.63) is 59.7 Å². The van der Waals surface area contributed by atoms with Gasteiger partial charge in [0.05, 0.1) is 31.1 Å². The van der Waals surface area contributed by atoms with E-state index in [0.717, 1.165) is 62.6 Å². The van der Waals surface area contributed by atoms with Gasteiger partial charge in [-0.05, 0) is 44.5 Å². The van der Waals surface area contributed by atoms with E-state index in [0.29, 0.717) is 18.8 Å². The number of hydrogen-bond acceptors (Lipinski definition) is 6. The fraction of sp³-hybridized carbons (Fsp3) is 0.458. The number of benzene rings is 2. The molecule has 0 atom stereocenters. The second-order valence-corrected chi connectivity index (χ2v) is 7.39. The van der Waals surface area contributed by atoms with E-state index < -0.39 is 0 Å². The van der Waals surface area contributed by atoms with Crippen molar-refractivity contribution in [2.24, 2.45) is 0 Å². The molecule has 6 heteroatoms. The van der Waals surface area contributed by atoms with E-state index in [1.54, 1.807) is 0 Å². The van der Waals surface area contributed by atoms with E-state index in [1.807, 2.05) is 55.5 Å². The maximum absolute atomic E-state index is 12.2. The lowest BCUT2D eigenvalue weighted by atomic mass is 10.1. The number of nitrogens with zero attached hydrogens (tertiary/aromatic N) is 2. The predicted molar refractivity (Wildman–Crippen MR) is 118 cm³/mol. The highest BCUT2D eigenvalue weighted by Gasteiger charge is 2.21. The van der Waals surface area contributed by atoms with Crippen LogP contribution in [0.5, 0.6) is 5.75 Å². The first-order valence-corrected chi connectivity index (χ1v) is 10.8. The topological polar surface area (TPSA) is 62.2 Å². The molecule has 2 aromatic rings. The van der Waals surface area contributed by atoms with Crippen molar-refractivity contribution in [2.75, 3.05) is 50.8 Å². The zero-order valence-electron chi connectivity index (χ0n) is 17.8. The Morgan fingerprint density at radius 2 is 1.73 bits per heavy atom. The van der Waals surface area contributed by atoms with E-state index >= 15 is 0 Å². The Hall–Kier alpha value is -2.57. The van der Waals surface area contributed by atoms with Gasteiger partial charge in [0.25, 0.3) is 0 Å². The molecular weight excluding hydrogens is 380 g/mol. The first kappa shape index (κ1) is 22.1. The fourth-order valence-corrected chi connectivity index (χ4v) is 3.74. The molecule has 30 heavy (non-hydrogen) atoms. The number of rotatable bonds is 10. The van der Waals surface area contributed by atoms with Gasteiger partial charge in [-0.25, -0.2) is 4.79 Å². The maximum atomic E-state index is 12.2. The van der Waals surface area contributed by atoms with Crippen LogP contribution in [0.15, 0.2) is 48.5 Å². The molecule has 162 valence electrons. The summed E-state index contributed by atoms with van der Waals surface area (Å²) in [5.74, 6) is 0.521. The van der Waals surface area contributed by atoms with Gasteiger partial charge in [-0.3, -0.25) is 4.90 Å². The summed E-state index contributed by atoms with van der Waals surface area (Å²) in [6, 6.07) is 15.3. The number of unbranched alkanes of at least 4 members (excludes halogenated alkanes) is 1. The van der Waals surface area contributed by atoms with Gasteiger partial charge in [0.2, 0.25) is 0 Å². The van der Waals surface area contributed by atoms with Crippen molar-refractivity contribution in [3.8, 4) is 5.75 Å². The van der Waals surface area contributed by atoms with E-state index in [-0.39, 0.29) is 12.6 Å². The lowest BCUT2D eigenvalue weighted by Gasteiger charge is -2.36. The van der Waals surface area contributed by atoms with E-state index in [1.165, 1.54) is 0 Å². The number of piperazine rings is 1. The Bertz CT molecular complexity index is 803. The van der Waals surface area contributed by atoms with Gasteiger partial charge in [-0.15, -0.1) is 0 Å². The minimum absolute atomic E-state index is 0.000252. The summed E-state index contributed by atoms with van der Waals surface area (Å²) >= 11 is 0. The van der Waals surface area contributed by atoms with Crippen LogP contribution in [0.2, 0.25) is 0 Å². The normalized spacial score (nSPS) is 14.5. The number of carbonyl (C=O) groups excluding carboxylic acids is 1. The van der Waals surface area contributed by atoms with Crippen LogP contribution in [-0.2, 0) is 11.3 Å². The molecule has 0 bridgehead atoms. The van der Waals surface area contributed by atoms with Crippen LogP contribution < -0.4 is 9.64 Å². The van der Waals surface area contributed by atoms with Gasteiger partial charge in [-0.2, -0.15) is 0 Å². The van der Waals surface area contributed by atoms with Crippen molar-refractivity contribution in [1.82, 2.24) is 4.90 Å². The Morgan fingerprint density at radius 1 is 1.00 bits per heavy atom. The Kier molecular flexibility index (Phi) is 8.53. The van der Waals surface area contributed by atoms with Crippen LogP contribution in [0.4, 0.5) is 5.69 Å². The molecule has 1 aliphatic heterocycles. The van der Waals surface area contributed by atoms with Gasteiger partial charge in [0.15, 0.2) is 0 Å². The third-order valence-electron chi connectivity index (χ3n) is 5.38. The lowest BCUT2D eigenvalue weighted by Crippen LogP contribution is -2.47. The number of para-hydroxylation sites is 2. The molecule has 0 radical (unpaired) electrons. The second-order valence-electron chi connectivity index (χ2n) is 7.39. The van der Waals surface area contributed by atoms with Gasteiger partial charge in [0.1, 0.15) is 5.75 Å². The van der Waals surface area contributed by atoms with Crippen LogP contribution in [0.3, 0.4) is 0 Å². The molecule has 6 nitrogen and oxygen atoms in total. The highest BCUT2D eigenvalue weighted by atomic mass is 16.5. The van der Waals surface area contributed by atoms with Crippen molar-refractivity contribution in [3.63, 3.8) is 0 Å². The first-order chi connectivity index (χ1) is 14.7. The quantitative estimate of drug-likeness (QED) is 0.477. The third-order valence-corrected chi connectivity index (χ3v) is 5.38. The SMILES string of the molecule is CCOC(=O)c1ccccc1N1CCN(CCCCOc2ccccc2CO)CC1. The molecule has 0 amide bonds. The molecule has 1 N–H and O–H groups in total. The first-order valence-electron chi connectivity index (χ1n) is 10.8. The fourth-order valence-electron chi connectivity index (χ4n) is 3.74. The largest absolute Gasteiger partial charge is 0.493 e. The van der Waals surface area contributed by atoms with E-state index in [2.05, 4.69) is 9.80 Å². The Labute approximate surface area is 179 Å². The van der Waals surface area contributed by atoms with E-state index in [9.17, 15) is 9.90 Å². The van der Waals surface area contributed by atoms with Gasteiger partial charge < -0.3 is 19.5 Å². The molecule has 1 saturated heterocycles. The zero-order valence-corrected chi connectivity index (χ0v) is 17.8. The smallest absolute Gasteiger partial charge is 0.340 e. The molecule has 0 aliphatic carbocycles. The monoisotopic (exact) mass is 412 g/mol. The molecule has 1 fully saturated rings. The summed E-state index contributed by atoms with van der Waals surface area (Å²) in [5.41, 5.74) is 2.44. The van der Waals surface area contributed by atoms with Crippen LogP contribution in [0.1, 0.15) is 35.7 Å². The average molecular weight is 413 g/mol. The van der Waals surface area contributed by atoms with Crippen LogP contribution >= 0.6 is 0 Å². The summed E-state index contributed by atoms with van der Waals surface area (Å²) < 4.78 is 11.0. The number of aliphatic hydroxyl groups is 1. The van der Waals surface area contributed by atoms with E-state index in [4.69, 9.17) is 9.47 Å². The zero-order chi connectivity index (χ0) is 21.2. The van der Waals surface area contributed by atoms with Crippen LogP contribution in [0, 0.1) is 0 Å². The number of anilines is 1. The molecular formula is C24H32N2O4. The number of esters is 1. The Morgan fingerprint density at radius 3 is 2.50 bits per heavy atom. The summed E-state index contributed by atoms with van der Waals surface area (Å²) in [4.78, 5) is 17.0. The van der Waals surface area contributed by atoms with Gasteiger partial charge >= 0.3 is 5.97 Å². The second kappa shape index (κ2) is 11.6. The van der Waals surface area contributed by atoms with Crippen molar-refractivity contribution < 1.29 is 19.4 Å². The summed E-state index contributed by atoms with van der Waals surface area (Å²) in [7, 11) is 0. The summed E-state index contributed by atoms with van der Waals surface area (Å²) in [6.07, 6.45) is 2.05. The average Bonchev–Trinajstić information content (AvgIpc) is 2.80. The minimum Gasteiger partial charge on any atom is -0.493 e. The summed E-state index contributed by atoms with van der Waals surface area (Å²) in [5, 5.41) is 9.35. The lowest BCUT2D eigenvalue weighted by molar-refractivity contribution is 0.0527.